The van der Waals surface area contributed by atoms with E-state index in [2.05, 4.69) is 5.32 Å². The van der Waals surface area contributed by atoms with Crippen LogP contribution in [0.2, 0.25) is 5.02 Å². The van der Waals surface area contributed by atoms with Gasteiger partial charge in [0.15, 0.2) is 6.10 Å². The number of ether oxygens (including phenoxy) is 2. The maximum absolute atomic E-state index is 14.0. The standard InChI is InChI=1S/C30H32ClN3O6S/c1-2-39-26-15-14-23(31)17-28(26)41(37,38)33-16-8-11-22(19-33)30(36)34-20-27(40-25-13-7-6-12-24(25)34)29(35)32-18-21-9-4-3-5-10-21/h3-7,9-10,12-15,17,22,27H,2,8,11,16,18-20H2,1H3,(H,32,35)/t22-,27-/m1/s1. The van der Waals surface area contributed by atoms with E-state index in [0.29, 0.717) is 37.4 Å². The smallest absolute Gasteiger partial charge is 0.263 e. The van der Waals surface area contributed by atoms with Gasteiger partial charge in [-0.2, -0.15) is 4.31 Å². The zero-order valence-electron chi connectivity index (χ0n) is 22.7. The van der Waals surface area contributed by atoms with E-state index in [9.17, 15) is 18.0 Å². The summed E-state index contributed by atoms with van der Waals surface area (Å²) in [5.41, 5.74) is 1.50. The van der Waals surface area contributed by atoms with Crippen molar-refractivity contribution in [2.75, 3.05) is 31.1 Å². The highest BCUT2D eigenvalue weighted by atomic mass is 35.5. The molecule has 9 nitrogen and oxygen atoms in total. The Morgan fingerprint density at radius 3 is 2.59 bits per heavy atom. The van der Waals surface area contributed by atoms with Gasteiger partial charge in [-0.25, -0.2) is 8.42 Å². The average molecular weight is 598 g/mol. The quantitative estimate of drug-likeness (QED) is 0.416. The van der Waals surface area contributed by atoms with Gasteiger partial charge in [0.1, 0.15) is 16.4 Å². The summed E-state index contributed by atoms with van der Waals surface area (Å²) in [6, 6.07) is 21.1. The number of rotatable bonds is 8. The Kier molecular flexibility index (Phi) is 8.82. The summed E-state index contributed by atoms with van der Waals surface area (Å²) in [5.74, 6) is -0.548. The van der Waals surface area contributed by atoms with Gasteiger partial charge in [0.25, 0.3) is 5.91 Å². The number of para-hydroxylation sites is 2. The van der Waals surface area contributed by atoms with Crippen LogP contribution in [0.5, 0.6) is 11.5 Å². The fourth-order valence-corrected chi connectivity index (χ4v) is 7.08. The molecule has 0 bridgehead atoms. The molecule has 2 aliphatic heterocycles. The number of anilines is 1. The first-order valence-corrected chi connectivity index (χ1v) is 15.4. The van der Waals surface area contributed by atoms with E-state index in [-0.39, 0.29) is 47.1 Å². The van der Waals surface area contributed by atoms with Gasteiger partial charge >= 0.3 is 0 Å². The fraction of sp³-hybridized carbons (Fsp3) is 0.333. The van der Waals surface area contributed by atoms with Gasteiger partial charge in [0, 0.05) is 24.7 Å². The normalized spacial score (nSPS) is 19.1. The second-order valence-corrected chi connectivity index (χ2v) is 12.3. The van der Waals surface area contributed by atoms with E-state index < -0.39 is 22.0 Å². The zero-order chi connectivity index (χ0) is 29.0. The molecule has 11 heteroatoms. The highest BCUT2D eigenvalue weighted by Crippen LogP contribution is 2.37. The molecule has 1 fully saturated rings. The summed E-state index contributed by atoms with van der Waals surface area (Å²) >= 11 is 6.14. The third-order valence-electron chi connectivity index (χ3n) is 7.20. The Labute approximate surface area is 245 Å². The molecule has 1 saturated heterocycles. The number of hydrogen-bond acceptors (Lipinski definition) is 6. The highest BCUT2D eigenvalue weighted by molar-refractivity contribution is 7.89. The number of carbonyl (C=O) groups is 2. The molecule has 216 valence electrons. The second kappa shape index (κ2) is 12.5. The van der Waals surface area contributed by atoms with Crippen LogP contribution >= 0.6 is 11.6 Å². The van der Waals surface area contributed by atoms with Gasteiger partial charge in [-0.3, -0.25) is 9.59 Å². The number of fused-ring (bicyclic) bond motifs is 1. The SMILES string of the molecule is CCOc1ccc(Cl)cc1S(=O)(=O)N1CCC[C@@H](C(=O)N2C[C@H](C(=O)NCc3ccccc3)Oc3ccccc32)C1. The first kappa shape index (κ1) is 28.9. The lowest BCUT2D eigenvalue weighted by Crippen LogP contribution is -2.53. The molecule has 0 unspecified atom stereocenters. The number of halogens is 1. The van der Waals surface area contributed by atoms with Gasteiger partial charge < -0.3 is 19.7 Å². The molecule has 2 aliphatic rings. The van der Waals surface area contributed by atoms with Crippen molar-refractivity contribution in [2.45, 2.75) is 37.3 Å². The molecule has 5 rings (SSSR count). The van der Waals surface area contributed by atoms with E-state index >= 15 is 0 Å². The molecule has 0 saturated carbocycles. The summed E-state index contributed by atoms with van der Waals surface area (Å²) in [7, 11) is -3.99. The lowest BCUT2D eigenvalue weighted by atomic mass is 9.97. The first-order chi connectivity index (χ1) is 19.8. The van der Waals surface area contributed by atoms with Crippen LogP contribution in [0.4, 0.5) is 5.69 Å². The van der Waals surface area contributed by atoms with Crippen molar-refractivity contribution in [2.24, 2.45) is 5.92 Å². The van der Waals surface area contributed by atoms with Crippen molar-refractivity contribution in [3.63, 3.8) is 0 Å². The molecule has 0 aliphatic carbocycles. The lowest BCUT2D eigenvalue weighted by molar-refractivity contribution is -0.129. The van der Waals surface area contributed by atoms with E-state index in [1.165, 1.54) is 10.4 Å². The minimum Gasteiger partial charge on any atom is -0.492 e. The summed E-state index contributed by atoms with van der Waals surface area (Å²) < 4.78 is 40.3. The maximum atomic E-state index is 14.0. The molecule has 2 amide bonds. The zero-order valence-corrected chi connectivity index (χ0v) is 24.2. The number of amides is 2. The van der Waals surface area contributed by atoms with Crippen LogP contribution in [0.25, 0.3) is 0 Å². The van der Waals surface area contributed by atoms with Crippen LogP contribution in [-0.2, 0) is 26.2 Å². The van der Waals surface area contributed by atoms with Crippen molar-refractivity contribution in [3.8, 4) is 11.5 Å². The van der Waals surface area contributed by atoms with Crippen LogP contribution in [0.3, 0.4) is 0 Å². The van der Waals surface area contributed by atoms with Crippen LogP contribution < -0.4 is 19.7 Å². The van der Waals surface area contributed by atoms with E-state index in [1.54, 1.807) is 48.2 Å². The van der Waals surface area contributed by atoms with Gasteiger partial charge in [0.05, 0.1) is 24.8 Å². The predicted octanol–water partition coefficient (Wildman–Crippen LogP) is 4.25. The second-order valence-electron chi connectivity index (χ2n) is 9.95. The lowest BCUT2D eigenvalue weighted by Gasteiger charge is -2.38. The number of hydrogen-bond donors (Lipinski definition) is 1. The third kappa shape index (κ3) is 6.34. The van der Waals surface area contributed by atoms with Crippen molar-refractivity contribution in [1.82, 2.24) is 9.62 Å². The summed E-state index contributed by atoms with van der Waals surface area (Å²) in [5, 5.41) is 3.17. The average Bonchev–Trinajstić information content (AvgIpc) is 3.00. The first-order valence-electron chi connectivity index (χ1n) is 13.6. The minimum absolute atomic E-state index is 0.00361. The number of nitrogens with one attached hydrogen (secondary N) is 1. The number of piperidine rings is 1. The van der Waals surface area contributed by atoms with E-state index in [4.69, 9.17) is 21.1 Å². The predicted molar refractivity (Wildman–Crippen MR) is 156 cm³/mol. The van der Waals surface area contributed by atoms with Crippen molar-refractivity contribution in [3.05, 3.63) is 83.4 Å². The van der Waals surface area contributed by atoms with Gasteiger partial charge in [-0.15, -0.1) is 0 Å². The van der Waals surface area contributed by atoms with E-state index in [1.807, 2.05) is 30.3 Å². The van der Waals surface area contributed by atoms with Gasteiger partial charge in [-0.1, -0.05) is 54.1 Å². The molecule has 3 aromatic carbocycles. The Balaban J connectivity index is 1.35. The Morgan fingerprint density at radius 1 is 1.05 bits per heavy atom. The van der Waals surface area contributed by atoms with Crippen LogP contribution in [-0.4, -0.2) is 56.9 Å². The third-order valence-corrected chi connectivity index (χ3v) is 9.32. The molecule has 3 aromatic rings. The summed E-state index contributed by atoms with van der Waals surface area (Å²) in [6.07, 6.45) is 0.109. The van der Waals surface area contributed by atoms with Crippen molar-refractivity contribution < 1.29 is 27.5 Å². The molecule has 2 heterocycles. The molecular formula is C30H32ClN3O6S. The molecule has 0 radical (unpaired) electrons. The Morgan fingerprint density at radius 2 is 1.80 bits per heavy atom. The number of sulfonamides is 1. The Hall–Kier alpha value is -3.60. The van der Waals surface area contributed by atoms with E-state index in [0.717, 1.165) is 5.56 Å². The van der Waals surface area contributed by atoms with Gasteiger partial charge in [-0.05, 0) is 55.7 Å². The van der Waals surface area contributed by atoms with Gasteiger partial charge in [0.2, 0.25) is 15.9 Å². The molecule has 2 atom stereocenters. The highest BCUT2D eigenvalue weighted by Gasteiger charge is 2.40. The molecule has 1 N–H and O–H groups in total. The maximum Gasteiger partial charge on any atom is 0.263 e. The largest absolute Gasteiger partial charge is 0.492 e. The van der Waals surface area contributed by atoms with Crippen molar-refractivity contribution in [1.29, 1.82) is 0 Å². The molecular weight excluding hydrogens is 566 g/mol. The summed E-state index contributed by atoms with van der Waals surface area (Å²) in [6.45, 7) is 2.69. The fourth-order valence-electron chi connectivity index (χ4n) is 5.16. The molecule has 0 spiro atoms. The number of nitrogens with zero attached hydrogens (tertiary/aromatic N) is 2. The van der Waals surface area contributed by atoms with Crippen molar-refractivity contribution >= 4 is 39.1 Å². The number of benzene rings is 3. The van der Waals surface area contributed by atoms with Crippen LogP contribution in [0, 0.1) is 5.92 Å². The number of carbonyl (C=O) groups excluding carboxylic acids is 2. The summed E-state index contributed by atoms with van der Waals surface area (Å²) in [4.78, 5) is 28.6. The molecule has 41 heavy (non-hydrogen) atoms. The topological polar surface area (TPSA) is 105 Å². The minimum atomic E-state index is -3.99. The molecule has 0 aromatic heterocycles. The Bertz CT molecular complexity index is 1520. The monoisotopic (exact) mass is 597 g/mol. The van der Waals surface area contributed by atoms with Crippen LogP contribution in [0.1, 0.15) is 25.3 Å². The van der Waals surface area contributed by atoms with Crippen LogP contribution in [0.15, 0.2) is 77.7 Å².